The Morgan fingerprint density at radius 1 is 1.04 bits per heavy atom. The highest BCUT2D eigenvalue weighted by Gasteiger charge is 2.12. The van der Waals surface area contributed by atoms with E-state index < -0.39 is 0 Å². The molecule has 0 unspecified atom stereocenters. The van der Waals surface area contributed by atoms with Crippen molar-refractivity contribution < 1.29 is 14.3 Å². The normalized spacial score (nSPS) is 10.2. The predicted octanol–water partition coefficient (Wildman–Crippen LogP) is 4.27. The topological polar surface area (TPSA) is 72.5 Å². The van der Waals surface area contributed by atoms with Crippen LogP contribution < -0.4 is 20.1 Å². The van der Waals surface area contributed by atoms with Gasteiger partial charge in [0.2, 0.25) is 0 Å². The summed E-state index contributed by atoms with van der Waals surface area (Å²) in [5.41, 5.74) is 4.20. The van der Waals surface area contributed by atoms with Crippen LogP contribution in [0.15, 0.2) is 60.9 Å². The minimum Gasteiger partial charge on any atom is -0.497 e. The van der Waals surface area contributed by atoms with Gasteiger partial charge in [0.1, 0.15) is 11.5 Å². The monoisotopic (exact) mass is 377 g/mol. The zero-order valence-electron chi connectivity index (χ0n) is 16.2. The number of benzene rings is 2. The fraction of sp³-hybridized carbons (Fsp3) is 0.182. The number of carbonyl (C=O) groups is 1. The molecule has 1 amide bonds. The van der Waals surface area contributed by atoms with Crippen LogP contribution in [-0.2, 0) is 6.54 Å². The lowest BCUT2D eigenvalue weighted by Gasteiger charge is -2.12. The molecule has 28 heavy (non-hydrogen) atoms. The number of rotatable bonds is 7. The molecule has 0 fully saturated rings. The number of amides is 1. The number of hydrogen-bond acceptors (Lipinski definition) is 5. The molecule has 3 rings (SSSR count). The molecule has 1 aromatic heterocycles. The molecule has 6 heteroatoms. The van der Waals surface area contributed by atoms with Crippen LogP contribution in [0.4, 0.5) is 11.4 Å². The maximum absolute atomic E-state index is 12.7. The lowest BCUT2D eigenvalue weighted by Crippen LogP contribution is -2.13. The quantitative estimate of drug-likeness (QED) is 0.643. The Kier molecular flexibility index (Phi) is 6.11. The Morgan fingerprint density at radius 2 is 1.86 bits per heavy atom. The molecule has 3 aromatic rings. The average Bonchev–Trinajstić information content (AvgIpc) is 2.73. The second kappa shape index (κ2) is 8.90. The van der Waals surface area contributed by atoms with E-state index in [9.17, 15) is 4.79 Å². The third-order valence-electron chi connectivity index (χ3n) is 4.40. The van der Waals surface area contributed by atoms with E-state index in [-0.39, 0.29) is 5.91 Å². The first-order valence-electron chi connectivity index (χ1n) is 8.87. The van der Waals surface area contributed by atoms with Crippen LogP contribution in [0, 0.1) is 6.92 Å². The Balaban J connectivity index is 1.71. The second-order valence-electron chi connectivity index (χ2n) is 6.26. The summed E-state index contributed by atoms with van der Waals surface area (Å²) >= 11 is 0. The third kappa shape index (κ3) is 4.59. The van der Waals surface area contributed by atoms with Gasteiger partial charge in [-0.25, -0.2) is 0 Å². The molecule has 0 aliphatic carbocycles. The fourth-order valence-corrected chi connectivity index (χ4v) is 2.76. The smallest absolute Gasteiger partial charge is 0.257 e. The van der Waals surface area contributed by atoms with Gasteiger partial charge in [-0.2, -0.15) is 0 Å². The van der Waals surface area contributed by atoms with Crippen LogP contribution in [-0.4, -0.2) is 25.1 Å². The van der Waals surface area contributed by atoms with Gasteiger partial charge in [0, 0.05) is 25.0 Å². The van der Waals surface area contributed by atoms with Crippen molar-refractivity contribution in [2.24, 2.45) is 0 Å². The molecule has 2 aromatic carbocycles. The standard InChI is InChI=1S/C22H23N3O3/c1-15-6-4-5-7-16(15)13-24-18-10-17(12-23-14-18)22(26)25-20-9-8-19(27-2)11-21(20)28-3/h4-12,14,24H,13H2,1-3H3,(H,25,26). The molecule has 2 N–H and O–H groups in total. The average molecular weight is 377 g/mol. The first-order valence-corrected chi connectivity index (χ1v) is 8.87. The van der Waals surface area contributed by atoms with Gasteiger partial charge >= 0.3 is 0 Å². The fourth-order valence-electron chi connectivity index (χ4n) is 2.76. The van der Waals surface area contributed by atoms with Crippen molar-refractivity contribution in [1.82, 2.24) is 4.98 Å². The highest BCUT2D eigenvalue weighted by Crippen LogP contribution is 2.29. The van der Waals surface area contributed by atoms with Crippen molar-refractivity contribution >= 4 is 17.3 Å². The van der Waals surface area contributed by atoms with Crippen molar-refractivity contribution in [3.8, 4) is 11.5 Å². The summed E-state index contributed by atoms with van der Waals surface area (Å²) in [6.45, 7) is 2.73. The molecular weight excluding hydrogens is 354 g/mol. The van der Waals surface area contributed by atoms with Crippen molar-refractivity contribution in [1.29, 1.82) is 0 Å². The van der Waals surface area contributed by atoms with Gasteiger partial charge in [-0.15, -0.1) is 0 Å². The molecule has 0 radical (unpaired) electrons. The summed E-state index contributed by atoms with van der Waals surface area (Å²) in [4.78, 5) is 16.8. The molecule has 0 saturated heterocycles. The van der Waals surface area contributed by atoms with Crippen LogP contribution in [0.2, 0.25) is 0 Å². The van der Waals surface area contributed by atoms with Crippen molar-refractivity contribution in [3.05, 3.63) is 77.6 Å². The summed E-state index contributed by atoms with van der Waals surface area (Å²) < 4.78 is 10.5. The summed E-state index contributed by atoms with van der Waals surface area (Å²) in [5, 5.41) is 6.17. The molecule has 0 aliphatic rings. The lowest BCUT2D eigenvalue weighted by atomic mass is 10.1. The summed E-state index contributed by atoms with van der Waals surface area (Å²) in [6, 6.07) is 15.2. The van der Waals surface area contributed by atoms with Crippen molar-refractivity contribution in [3.63, 3.8) is 0 Å². The second-order valence-corrected chi connectivity index (χ2v) is 6.26. The maximum Gasteiger partial charge on any atom is 0.257 e. The Bertz CT molecular complexity index is 973. The number of methoxy groups -OCH3 is 2. The Morgan fingerprint density at radius 3 is 2.61 bits per heavy atom. The number of aromatic nitrogens is 1. The van der Waals surface area contributed by atoms with Crippen molar-refractivity contribution in [2.75, 3.05) is 24.9 Å². The molecule has 144 valence electrons. The molecule has 1 heterocycles. The number of carbonyl (C=O) groups excluding carboxylic acids is 1. The van der Waals surface area contributed by atoms with Crippen LogP contribution in [0.5, 0.6) is 11.5 Å². The minimum absolute atomic E-state index is 0.268. The molecule has 0 atom stereocenters. The molecule has 0 aliphatic heterocycles. The summed E-state index contributed by atoms with van der Waals surface area (Å²) in [5.74, 6) is 0.906. The highest BCUT2D eigenvalue weighted by molar-refractivity contribution is 6.05. The SMILES string of the molecule is COc1ccc(NC(=O)c2cncc(NCc3ccccc3C)c2)c(OC)c1. The Labute approximate surface area is 164 Å². The van der Waals surface area contributed by atoms with E-state index >= 15 is 0 Å². The van der Waals surface area contributed by atoms with Crippen molar-refractivity contribution in [2.45, 2.75) is 13.5 Å². The van der Waals surface area contributed by atoms with E-state index in [0.717, 1.165) is 5.69 Å². The van der Waals surface area contributed by atoms with E-state index in [1.807, 2.05) is 12.1 Å². The largest absolute Gasteiger partial charge is 0.497 e. The van der Waals surface area contributed by atoms with E-state index in [0.29, 0.717) is 29.3 Å². The Hall–Kier alpha value is -3.54. The highest BCUT2D eigenvalue weighted by atomic mass is 16.5. The van der Waals surface area contributed by atoms with Crippen LogP contribution in [0.1, 0.15) is 21.5 Å². The molecule has 0 spiro atoms. The number of nitrogens with zero attached hydrogens (tertiary/aromatic N) is 1. The number of nitrogens with one attached hydrogen (secondary N) is 2. The summed E-state index contributed by atoms with van der Waals surface area (Å²) in [7, 11) is 3.12. The van der Waals surface area contributed by atoms with Gasteiger partial charge < -0.3 is 20.1 Å². The predicted molar refractivity (Wildman–Crippen MR) is 110 cm³/mol. The molecule has 0 bridgehead atoms. The number of pyridine rings is 1. The van der Waals surface area contributed by atoms with E-state index in [2.05, 4.69) is 34.7 Å². The third-order valence-corrected chi connectivity index (χ3v) is 4.40. The zero-order chi connectivity index (χ0) is 19.9. The summed E-state index contributed by atoms with van der Waals surface area (Å²) in [6.07, 6.45) is 3.23. The molecular formula is C22H23N3O3. The number of anilines is 2. The number of ether oxygens (including phenoxy) is 2. The van der Waals surface area contributed by atoms with Crippen LogP contribution in [0.25, 0.3) is 0 Å². The van der Waals surface area contributed by atoms with Gasteiger partial charge in [-0.3, -0.25) is 9.78 Å². The molecule has 6 nitrogen and oxygen atoms in total. The van der Waals surface area contributed by atoms with E-state index in [4.69, 9.17) is 9.47 Å². The first kappa shape index (κ1) is 19.2. The molecule has 0 saturated carbocycles. The van der Waals surface area contributed by atoms with E-state index in [1.165, 1.54) is 17.3 Å². The number of hydrogen-bond donors (Lipinski definition) is 2. The zero-order valence-corrected chi connectivity index (χ0v) is 16.2. The number of aryl methyl sites for hydroxylation is 1. The van der Waals surface area contributed by atoms with Crippen LogP contribution in [0.3, 0.4) is 0 Å². The lowest BCUT2D eigenvalue weighted by molar-refractivity contribution is 0.102. The van der Waals surface area contributed by atoms with Gasteiger partial charge in [0.05, 0.1) is 31.2 Å². The van der Waals surface area contributed by atoms with Gasteiger partial charge in [-0.05, 0) is 36.2 Å². The van der Waals surface area contributed by atoms with Gasteiger partial charge in [-0.1, -0.05) is 24.3 Å². The maximum atomic E-state index is 12.7. The van der Waals surface area contributed by atoms with Gasteiger partial charge in [0.25, 0.3) is 5.91 Å². The first-order chi connectivity index (χ1) is 13.6. The van der Waals surface area contributed by atoms with E-state index in [1.54, 1.807) is 44.7 Å². The van der Waals surface area contributed by atoms with Crippen LogP contribution >= 0.6 is 0 Å². The van der Waals surface area contributed by atoms with Gasteiger partial charge in [0.15, 0.2) is 0 Å². The minimum atomic E-state index is -0.268.